The molecule has 0 aliphatic heterocycles. The lowest BCUT2D eigenvalue weighted by Crippen LogP contribution is -1.98. The van der Waals surface area contributed by atoms with Crippen molar-refractivity contribution in [3.63, 3.8) is 0 Å². The molecule has 5 rings (SSSR count). The van der Waals surface area contributed by atoms with Crippen LogP contribution in [-0.2, 0) is 6.61 Å². The summed E-state index contributed by atoms with van der Waals surface area (Å²) in [7, 11) is 0. The van der Waals surface area contributed by atoms with Gasteiger partial charge in [0, 0.05) is 17.7 Å². The molecule has 0 radical (unpaired) electrons. The third kappa shape index (κ3) is 4.59. The van der Waals surface area contributed by atoms with Gasteiger partial charge in [0.05, 0.1) is 16.6 Å². The lowest BCUT2D eigenvalue weighted by molar-refractivity contribution is -0.384. The Hall–Kier alpha value is -4.95. The molecule has 0 atom stereocenters. The zero-order chi connectivity index (χ0) is 24.2. The van der Waals surface area contributed by atoms with E-state index in [1.165, 1.54) is 12.1 Å². The number of hydrogen-bond donors (Lipinski definition) is 0. The number of benzene rings is 5. The van der Waals surface area contributed by atoms with Crippen LogP contribution in [0.25, 0.3) is 33.2 Å². The molecule has 0 amide bonds. The maximum absolute atomic E-state index is 10.9. The Labute approximate surface area is 202 Å². The number of non-ortho nitro benzene ring substituents is 1. The molecule has 0 aromatic heterocycles. The van der Waals surface area contributed by atoms with E-state index < -0.39 is 4.92 Å². The Balaban J connectivity index is 1.55. The highest BCUT2D eigenvalue weighted by Crippen LogP contribution is 2.33. The van der Waals surface area contributed by atoms with Crippen LogP contribution < -0.4 is 4.74 Å². The first-order valence-electron chi connectivity index (χ1n) is 11.1. The van der Waals surface area contributed by atoms with E-state index >= 15 is 0 Å². The highest BCUT2D eigenvalue weighted by atomic mass is 16.6. The standard InChI is InChI=1S/C30H20N2O3/c31-19-26(25-12-11-22-5-1-2-7-24(22)17-25)18-29-28-8-4-3-6-23(28)13-16-30(29)35-20-21-9-14-27(15-10-21)32(33)34/h1-18H,20H2/b26-18-. The Kier molecular flexibility index (Phi) is 5.94. The lowest BCUT2D eigenvalue weighted by atomic mass is 9.97. The van der Waals surface area contributed by atoms with Gasteiger partial charge in [-0.2, -0.15) is 5.26 Å². The smallest absolute Gasteiger partial charge is 0.269 e. The molecule has 0 aliphatic rings. The quantitative estimate of drug-likeness (QED) is 0.114. The Morgan fingerprint density at radius 3 is 2.29 bits per heavy atom. The number of nitriles is 1. The molecule has 0 spiro atoms. The molecule has 5 aromatic rings. The van der Waals surface area contributed by atoms with Gasteiger partial charge in [-0.3, -0.25) is 10.1 Å². The molecule has 0 fully saturated rings. The van der Waals surface area contributed by atoms with E-state index in [9.17, 15) is 15.4 Å². The number of nitro benzene ring substituents is 1. The van der Waals surface area contributed by atoms with Crippen molar-refractivity contribution in [2.24, 2.45) is 0 Å². The number of hydrogen-bond acceptors (Lipinski definition) is 4. The largest absolute Gasteiger partial charge is 0.488 e. The molecule has 0 saturated heterocycles. The molecule has 168 valence electrons. The second-order valence-electron chi connectivity index (χ2n) is 8.14. The number of nitro groups is 1. The summed E-state index contributed by atoms with van der Waals surface area (Å²) in [5, 5.41) is 25.2. The van der Waals surface area contributed by atoms with Crippen LogP contribution in [0.1, 0.15) is 16.7 Å². The summed E-state index contributed by atoms with van der Waals surface area (Å²) in [5.41, 5.74) is 3.04. The molecule has 5 aromatic carbocycles. The van der Waals surface area contributed by atoms with Gasteiger partial charge in [0.2, 0.25) is 0 Å². The van der Waals surface area contributed by atoms with E-state index in [4.69, 9.17) is 4.74 Å². The Bertz CT molecular complexity index is 1630. The molecular formula is C30H20N2O3. The summed E-state index contributed by atoms with van der Waals surface area (Å²) < 4.78 is 6.16. The molecule has 35 heavy (non-hydrogen) atoms. The zero-order valence-corrected chi connectivity index (χ0v) is 18.7. The summed E-state index contributed by atoms with van der Waals surface area (Å²) in [6.45, 7) is 0.245. The molecule has 0 unspecified atom stereocenters. The van der Waals surface area contributed by atoms with Crippen LogP contribution in [0.5, 0.6) is 5.75 Å². The Morgan fingerprint density at radius 2 is 1.54 bits per heavy atom. The predicted octanol–water partition coefficient (Wildman–Crippen LogP) is 7.54. The van der Waals surface area contributed by atoms with Crippen LogP contribution in [0.4, 0.5) is 5.69 Å². The highest BCUT2D eigenvalue weighted by Gasteiger charge is 2.11. The second-order valence-corrected chi connectivity index (χ2v) is 8.14. The van der Waals surface area contributed by atoms with Crippen LogP contribution in [0.15, 0.2) is 103 Å². The van der Waals surface area contributed by atoms with Gasteiger partial charge in [0.15, 0.2) is 0 Å². The minimum Gasteiger partial charge on any atom is -0.488 e. The van der Waals surface area contributed by atoms with E-state index in [0.717, 1.165) is 38.2 Å². The van der Waals surface area contributed by atoms with Crippen molar-refractivity contribution in [2.75, 3.05) is 0 Å². The van der Waals surface area contributed by atoms with Crippen LogP contribution in [0, 0.1) is 21.4 Å². The van der Waals surface area contributed by atoms with Crippen LogP contribution in [0.2, 0.25) is 0 Å². The average Bonchev–Trinajstić information content (AvgIpc) is 2.90. The predicted molar refractivity (Wildman–Crippen MR) is 139 cm³/mol. The Morgan fingerprint density at radius 1 is 0.857 bits per heavy atom. The molecule has 0 bridgehead atoms. The first kappa shape index (κ1) is 21.9. The maximum atomic E-state index is 10.9. The summed E-state index contributed by atoms with van der Waals surface area (Å²) in [6, 6.07) is 34.6. The van der Waals surface area contributed by atoms with Gasteiger partial charge in [-0.15, -0.1) is 0 Å². The van der Waals surface area contributed by atoms with E-state index in [0.29, 0.717) is 11.3 Å². The molecule has 0 N–H and O–H groups in total. The summed E-state index contributed by atoms with van der Waals surface area (Å²) in [5.74, 6) is 0.635. The second kappa shape index (κ2) is 9.50. The van der Waals surface area contributed by atoms with Crippen LogP contribution >= 0.6 is 0 Å². The van der Waals surface area contributed by atoms with Gasteiger partial charge in [0.1, 0.15) is 12.4 Å². The van der Waals surface area contributed by atoms with Crippen molar-refractivity contribution in [1.29, 1.82) is 5.26 Å². The number of allylic oxidation sites excluding steroid dienone is 1. The minimum absolute atomic E-state index is 0.0390. The molecule has 5 heteroatoms. The van der Waals surface area contributed by atoms with Crippen LogP contribution in [0.3, 0.4) is 0 Å². The molecular weight excluding hydrogens is 436 g/mol. The first-order valence-corrected chi connectivity index (χ1v) is 11.1. The van der Waals surface area contributed by atoms with Crippen LogP contribution in [-0.4, -0.2) is 4.92 Å². The van der Waals surface area contributed by atoms with Crippen molar-refractivity contribution in [2.45, 2.75) is 6.61 Å². The normalized spacial score (nSPS) is 11.3. The third-order valence-electron chi connectivity index (χ3n) is 5.94. The minimum atomic E-state index is -0.424. The number of rotatable bonds is 6. The fraction of sp³-hybridized carbons (Fsp3) is 0.0333. The fourth-order valence-corrected chi connectivity index (χ4v) is 4.11. The number of ether oxygens (including phenoxy) is 1. The highest BCUT2D eigenvalue weighted by molar-refractivity contribution is 6.01. The summed E-state index contributed by atoms with van der Waals surface area (Å²) in [4.78, 5) is 10.5. The van der Waals surface area contributed by atoms with Gasteiger partial charge in [0.25, 0.3) is 5.69 Å². The number of nitrogens with zero attached hydrogens (tertiary/aromatic N) is 2. The van der Waals surface area contributed by atoms with Gasteiger partial charge in [-0.25, -0.2) is 0 Å². The van der Waals surface area contributed by atoms with E-state index in [1.54, 1.807) is 12.1 Å². The summed E-state index contributed by atoms with van der Waals surface area (Å²) >= 11 is 0. The van der Waals surface area contributed by atoms with Gasteiger partial charge in [-0.05, 0) is 63.0 Å². The van der Waals surface area contributed by atoms with E-state index in [-0.39, 0.29) is 12.3 Å². The molecule has 0 heterocycles. The lowest BCUT2D eigenvalue weighted by Gasteiger charge is -2.13. The molecule has 5 nitrogen and oxygen atoms in total. The van der Waals surface area contributed by atoms with Gasteiger partial charge < -0.3 is 4.74 Å². The van der Waals surface area contributed by atoms with Gasteiger partial charge >= 0.3 is 0 Å². The SMILES string of the molecule is N#C/C(=C/c1c(OCc2ccc([N+](=O)[O-])cc2)ccc2ccccc12)c1ccc2ccccc2c1. The van der Waals surface area contributed by atoms with Crippen molar-refractivity contribution >= 4 is 38.9 Å². The van der Waals surface area contributed by atoms with Crippen molar-refractivity contribution in [3.05, 3.63) is 130 Å². The summed E-state index contributed by atoms with van der Waals surface area (Å²) in [6.07, 6.45) is 1.87. The first-order chi connectivity index (χ1) is 17.1. The number of fused-ring (bicyclic) bond motifs is 2. The molecule has 0 saturated carbocycles. The van der Waals surface area contributed by atoms with Crippen molar-refractivity contribution < 1.29 is 9.66 Å². The topological polar surface area (TPSA) is 76.2 Å². The maximum Gasteiger partial charge on any atom is 0.269 e. The van der Waals surface area contributed by atoms with E-state index in [1.807, 2.05) is 84.9 Å². The average molecular weight is 457 g/mol. The monoisotopic (exact) mass is 456 g/mol. The van der Waals surface area contributed by atoms with E-state index in [2.05, 4.69) is 6.07 Å². The van der Waals surface area contributed by atoms with Crippen molar-refractivity contribution in [3.8, 4) is 11.8 Å². The van der Waals surface area contributed by atoms with Crippen molar-refractivity contribution in [1.82, 2.24) is 0 Å². The fourth-order valence-electron chi connectivity index (χ4n) is 4.11. The van der Waals surface area contributed by atoms with Gasteiger partial charge in [-0.1, -0.05) is 66.7 Å². The third-order valence-corrected chi connectivity index (χ3v) is 5.94. The molecule has 0 aliphatic carbocycles. The zero-order valence-electron chi connectivity index (χ0n) is 18.7.